The molecule has 2 nitrogen and oxygen atoms in total. The summed E-state index contributed by atoms with van der Waals surface area (Å²) in [7, 11) is 0. The molecule has 5 heteroatoms. The van der Waals surface area contributed by atoms with E-state index in [4.69, 9.17) is 11.6 Å². The Balaban J connectivity index is 2.31. The molecule has 1 heterocycles. The van der Waals surface area contributed by atoms with Crippen LogP contribution in [0.4, 0.5) is 4.39 Å². The fraction of sp³-hybridized carbons (Fsp3) is 0.400. The molecule has 0 saturated heterocycles. The van der Waals surface area contributed by atoms with Gasteiger partial charge in [0.1, 0.15) is 5.01 Å². The van der Waals surface area contributed by atoms with E-state index in [0.717, 1.165) is 31.6 Å². The smallest absolute Gasteiger partial charge is 0.152 e. The number of halogens is 2. The molecule has 0 spiro atoms. The molecule has 0 saturated carbocycles. The van der Waals surface area contributed by atoms with Crippen LogP contribution in [0.2, 0.25) is 5.02 Å². The summed E-state index contributed by atoms with van der Waals surface area (Å²) in [6.07, 6.45) is 1.94. The van der Waals surface area contributed by atoms with Crippen LogP contribution in [0, 0.1) is 5.82 Å². The molecule has 2 rings (SSSR count). The van der Waals surface area contributed by atoms with Crippen molar-refractivity contribution in [2.45, 2.75) is 33.2 Å². The van der Waals surface area contributed by atoms with Crippen LogP contribution in [0.5, 0.6) is 0 Å². The van der Waals surface area contributed by atoms with Crippen molar-refractivity contribution < 1.29 is 4.39 Å². The zero-order chi connectivity index (χ0) is 14.5. The van der Waals surface area contributed by atoms with E-state index in [1.807, 2.05) is 0 Å². The van der Waals surface area contributed by atoms with Crippen LogP contribution in [0.15, 0.2) is 18.2 Å². The first-order chi connectivity index (χ1) is 9.67. The third-order valence-corrected chi connectivity index (χ3v) is 4.43. The SMILES string of the molecule is CCCNCc1sc(-c2cccc(Cl)c2F)nc1CC. The lowest BCUT2D eigenvalue weighted by Crippen LogP contribution is -2.13. The molecule has 0 aliphatic rings. The predicted molar refractivity (Wildman–Crippen MR) is 83.9 cm³/mol. The highest BCUT2D eigenvalue weighted by molar-refractivity contribution is 7.15. The second kappa shape index (κ2) is 7.16. The summed E-state index contributed by atoms with van der Waals surface area (Å²) in [6, 6.07) is 5.03. The molecule has 1 aromatic heterocycles. The molecule has 1 N–H and O–H groups in total. The van der Waals surface area contributed by atoms with Crippen molar-refractivity contribution in [1.82, 2.24) is 10.3 Å². The van der Waals surface area contributed by atoms with Crippen LogP contribution in [-0.2, 0) is 13.0 Å². The third kappa shape index (κ3) is 3.37. The second-order valence-electron chi connectivity index (χ2n) is 4.52. The zero-order valence-electron chi connectivity index (χ0n) is 11.7. The number of nitrogens with one attached hydrogen (secondary N) is 1. The molecule has 0 aliphatic heterocycles. The molecule has 0 unspecified atom stereocenters. The molecule has 0 atom stereocenters. The fourth-order valence-electron chi connectivity index (χ4n) is 1.96. The van der Waals surface area contributed by atoms with Crippen molar-refractivity contribution in [1.29, 1.82) is 0 Å². The Hall–Kier alpha value is -0.970. The highest BCUT2D eigenvalue weighted by Crippen LogP contribution is 2.32. The number of nitrogens with zero attached hydrogens (tertiary/aromatic N) is 1. The first-order valence-corrected chi connectivity index (χ1v) is 8.00. The van der Waals surface area contributed by atoms with E-state index in [-0.39, 0.29) is 5.02 Å². The molecule has 0 radical (unpaired) electrons. The summed E-state index contributed by atoms with van der Waals surface area (Å²) in [4.78, 5) is 5.74. The minimum Gasteiger partial charge on any atom is -0.312 e. The molecule has 0 bridgehead atoms. The summed E-state index contributed by atoms with van der Waals surface area (Å²) >= 11 is 7.37. The van der Waals surface area contributed by atoms with Gasteiger partial charge in [-0.1, -0.05) is 31.5 Å². The monoisotopic (exact) mass is 312 g/mol. The second-order valence-corrected chi connectivity index (χ2v) is 6.01. The number of hydrogen-bond donors (Lipinski definition) is 1. The van der Waals surface area contributed by atoms with Crippen LogP contribution in [0.3, 0.4) is 0 Å². The van der Waals surface area contributed by atoms with Gasteiger partial charge in [0.25, 0.3) is 0 Å². The first kappa shape index (κ1) is 15.4. The van der Waals surface area contributed by atoms with E-state index in [2.05, 4.69) is 24.1 Å². The van der Waals surface area contributed by atoms with E-state index >= 15 is 0 Å². The highest BCUT2D eigenvalue weighted by atomic mass is 35.5. The molecule has 0 aliphatic carbocycles. The normalized spacial score (nSPS) is 11.0. The largest absolute Gasteiger partial charge is 0.312 e. The Morgan fingerprint density at radius 2 is 2.15 bits per heavy atom. The summed E-state index contributed by atoms with van der Waals surface area (Å²) in [5.74, 6) is -0.390. The first-order valence-electron chi connectivity index (χ1n) is 6.81. The van der Waals surface area contributed by atoms with Crippen molar-refractivity contribution in [2.24, 2.45) is 0 Å². The number of rotatable bonds is 6. The summed E-state index contributed by atoms with van der Waals surface area (Å²) in [5, 5.41) is 4.21. The van der Waals surface area contributed by atoms with Crippen molar-refractivity contribution in [3.8, 4) is 10.6 Å². The molecular weight excluding hydrogens is 295 g/mol. The lowest BCUT2D eigenvalue weighted by atomic mass is 10.2. The van der Waals surface area contributed by atoms with E-state index in [9.17, 15) is 4.39 Å². The fourth-order valence-corrected chi connectivity index (χ4v) is 3.27. The topological polar surface area (TPSA) is 24.9 Å². The van der Waals surface area contributed by atoms with Gasteiger partial charge in [-0.25, -0.2) is 9.37 Å². The number of thiazole rings is 1. The molecule has 108 valence electrons. The van der Waals surface area contributed by atoms with Gasteiger partial charge in [-0.15, -0.1) is 11.3 Å². The van der Waals surface area contributed by atoms with Gasteiger partial charge in [0.15, 0.2) is 5.82 Å². The molecule has 0 amide bonds. The number of benzene rings is 1. The Kier molecular flexibility index (Phi) is 5.52. The van der Waals surface area contributed by atoms with Gasteiger partial charge >= 0.3 is 0 Å². The van der Waals surface area contributed by atoms with Gasteiger partial charge in [0.2, 0.25) is 0 Å². The maximum absolute atomic E-state index is 14.1. The average Bonchev–Trinajstić information content (AvgIpc) is 2.85. The lowest BCUT2D eigenvalue weighted by molar-refractivity contribution is 0.631. The highest BCUT2D eigenvalue weighted by Gasteiger charge is 2.15. The van der Waals surface area contributed by atoms with Crippen molar-refractivity contribution in [2.75, 3.05) is 6.54 Å². The van der Waals surface area contributed by atoms with Crippen molar-refractivity contribution >= 4 is 22.9 Å². The quantitative estimate of drug-likeness (QED) is 0.784. The van der Waals surface area contributed by atoms with Gasteiger partial charge in [-0.2, -0.15) is 0 Å². The predicted octanol–water partition coefficient (Wildman–Crippen LogP) is 4.66. The minimum atomic E-state index is -0.390. The number of aryl methyl sites for hydroxylation is 1. The molecule has 0 fully saturated rings. The number of hydrogen-bond acceptors (Lipinski definition) is 3. The summed E-state index contributed by atoms with van der Waals surface area (Å²) in [5.41, 5.74) is 1.52. The molecule has 1 aromatic carbocycles. The Bertz CT molecular complexity index is 583. The standard InChI is InChI=1S/C15H18ClFN2S/c1-3-8-18-9-13-12(4-2)19-15(20-13)10-6-5-7-11(16)14(10)17/h5-7,18H,3-4,8-9H2,1-2H3. The van der Waals surface area contributed by atoms with Gasteiger partial charge in [0, 0.05) is 17.0 Å². The molecule has 20 heavy (non-hydrogen) atoms. The maximum Gasteiger partial charge on any atom is 0.152 e. The van der Waals surface area contributed by atoms with Crippen LogP contribution >= 0.6 is 22.9 Å². The molecule has 2 aromatic rings. The Morgan fingerprint density at radius 1 is 1.35 bits per heavy atom. The summed E-state index contributed by atoms with van der Waals surface area (Å²) in [6.45, 7) is 5.96. The maximum atomic E-state index is 14.1. The van der Waals surface area contributed by atoms with Gasteiger partial charge < -0.3 is 5.32 Å². The van der Waals surface area contributed by atoms with Crippen LogP contribution in [-0.4, -0.2) is 11.5 Å². The third-order valence-electron chi connectivity index (χ3n) is 3.01. The van der Waals surface area contributed by atoms with Gasteiger partial charge in [-0.05, 0) is 31.5 Å². The lowest BCUT2D eigenvalue weighted by Gasteiger charge is -2.01. The van der Waals surface area contributed by atoms with E-state index < -0.39 is 5.82 Å². The van der Waals surface area contributed by atoms with Gasteiger partial charge in [-0.3, -0.25) is 0 Å². The van der Waals surface area contributed by atoms with Crippen LogP contribution in [0.25, 0.3) is 10.6 Å². The zero-order valence-corrected chi connectivity index (χ0v) is 13.2. The van der Waals surface area contributed by atoms with Crippen molar-refractivity contribution in [3.63, 3.8) is 0 Å². The molecular formula is C15H18ClFN2S. The Morgan fingerprint density at radius 3 is 2.85 bits per heavy atom. The van der Waals surface area contributed by atoms with Gasteiger partial charge in [0.05, 0.1) is 10.7 Å². The van der Waals surface area contributed by atoms with Crippen molar-refractivity contribution in [3.05, 3.63) is 39.6 Å². The minimum absolute atomic E-state index is 0.140. The van der Waals surface area contributed by atoms with E-state index in [0.29, 0.717) is 10.6 Å². The van der Waals surface area contributed by atoms with E-state index in [1.54, 1.807) is 18.2 Å². The van der Waals surface area contributed by atoms with E-state index in [1.165, 1.54) is 16.2 Å². The number of aromatic nitrogens is 1. The van der Waals surface area contributed by atoms with Crippen LogP contribution < -0.4 is 5.32 Å². The van der Waals surface area contributed by atoms with Crippen LogP contribution in [0.1, 0.15) is 30.8 Å². The average molecular weight is 313 g/mol. The Labute approximate surface area is 128 Å². The summed E-state index contributed by atoms with van der Waals surface area (Å²) < 4.78 is 14.1.